The largest absolute Gasteiger partial charge is 0.494 e. The Hall–Kier alpha value is -2.67. The summed E-state index contributed by atoms with van der Waals surface area (Å²) in [5.74, 6) is 1.63. The van der Waals surface area contributed by atoms with Gasteiger partial charge in [-0.3, -0.25) is 4.98 Å². The Bertz CT molecular complexity index is 874. The van der Waals surface area contributed by atoms with Gasteiger partial charge in [-0.2, -0.15) is 0 Å². The third-order valence-corrected chi connectivity index (χ3v) is 3.82. The van der Waals surface area contributed by atoms with Crippen LogP contribution in [-0.2, 0) is 7.05 Å². The molecule has 23 heavy (non-hydrogen) atoms. The van der Waals surface area contributed by atoms with Crippen molar-refractivity contribution in [1.82, 2.24) is 14.5 Å². The first-order chi connectivity index (χ1) is 11.1. The highest BCUT2D eigenvalue weighted by atomic mass is 32.1. The lowest BCUT2D eigenvalue weighted by Crippen LogP contribution is -2.20. The van der Waals surface area contributed by atoms with E-state index in [1.165, 1.54) is 0 Å². The summed E-state index contributed by atoms with van der Waals surface area (Å²) < 4.78 is 7.32. The van der Waals surface area contributed by atoms with Crippen LogP contribution in [0, 0.1) is 6.92 Å². The highest BCUT2D eigenvalue weighted by molar-refractivity contribution is 7.80. The Labute approximate surface area is 139 Å². The molecular weight excluding hydrogens is 310 g/mol. The van der Waals surface area contributed by atoms with Crippen LogP contribution in [0.25, 0.3) is 11.0 Å². The molecule has 6 nitrogen and oxygen atoms in total. The number of aryl methyl sites for hydroxylation is 2. The van der Waals surface area contributed by atoms with Crippen LogP contribution in [0.3, 0.4) is 0 Å². The second-order valence-electron chi connectivity index (χ2n) is 5.05. The Balaban J connectivity index is 1.86. The minimum Gasteiger partial charge on any atom is -0.494 e. The number of aromatic nitrogens is 3. The van der Waals surface area contributed by atoms with Gasteiger partial charge in [0.1, 0.15) is 17.3 Å². The van der Waals surface area contributed by atoms with Crippen LogP contribution in [0.15, 0.2) is 36.7 Å². The van der Waals surface area contributed by atoms with Gasteiger partial charge in [0.2, 0.25) is 0 Å². The number of fused-ring (bicyclic) bond motifs is 1. The number of anilines is 2. The highest BCUT2D eigenvalue weighted by Gasteiger charge is 2.11. The third kappa shape index (κ3) is 2.95. The van der Waals surface area contributed by atoms with E-state index in [-0.39, 0.29) is 0 Å². The Morgan fingerprint density at radius 3 is 2.78 bits per heavy atom. The van der Waals surface area contributed by atoms with E-state index in [2.05, 4.69) is 20.6 Å². The van der Waals surface area contributed by atoms with E-state index in [0.29, 0.717) is 16.5 Å². The molecule has 3 aromatic rings. The number of nitrogens with zero attached hydrogens (tertiary/aromatic N) is 3. The van der Waals surface area contributed by atoms with Gasteiger partial charge in [0.05, 0.1) is 30.0 Å². The van der Waals surface area contributed by atoms with Crippen molar-refractivity contribution in [3.05, 3.63) is 42.5 Å². The van der Waals surface area contributed by atoms with Gasteiger partial charge >= 0.3 is 0 Å². The summed E-state index contributed by atoms with van der Waals surface area (Å²) in [5, 5.41) is 6.78. The molecule has 0 bridgehead atoms. The van der Waals surface area contributed by atoms with Crippen molar-refractivity contribution in [1.29, 1.82) is 0 Å². The summed E-state index contributed by atoms with van der Waals surface area (Å²) >= 11 is 5.40. The number of ether oxygens (including phenoxy) is 1. The lowest BCUT2D eigenvalue weighted by Gasteiger charge is -2.14. The number of para-hydroxylation sites is 1. The van der Waals surface area contributed by atoms with Crippen molar-refractivity contribution in [2.75, 3.05) is 17.7 Å². The van der Waals surface area contributed by atoms with Crippen molar-refractivity contribution < 1.29 is 4.74 Å². The number of benzene rings is 1. The fourth-order valence-corrected chi connectivity index (χ4v) is 2.64. The van der Waals surface area contributed by atoms with Crippen LogP contribution in [0.2, 0.25) is 0 Å². The predicted octanol–water partition coefficient (Wildman–Crippen LogP) is 3.09. The van der Waals surface area contributed by atoms with Crippen LogP contribution < -0.4 is 15.4 Å². The molecule has 0 saturated heterocycles. The van der Waals surface area contributed by atoms with E-state index in [1.807, 2.05) is 36.7 Å². The van der Waals surface area contributed by atoms with E-state index >= 15 is 0 Å². The number of nitrogens with one attached hydrogen (secondary N) is 2. The first-order valence-electron chi connectivity index (χ1n) is 7.08. The lowest BCUT2D eigenvalue weighted by molar-refractivity contribution is 0.416. The first-order valence-corrected chi connectivity index (χ1v) is 7.49. The maximum atomic E-state index is 5.40. The van der Waals surface area contributed by atoms with Gasteiger partial charge in [-0.15, -0.1) is 0 Å². The van der Waals surface area contributed by atoms with Crippen LogP contribution in [-0.4, -0.2) is 26.8 Å². The maximum Gasteiger partial charge on any atom is 0.175 e. The lowest BCUT2D eigenvalue weighted by atomic mass is 10.2. The van der Waals surface area contributed by atoms with Gasteiger partial charge in [-0.25, -0.2) is 4.98 Å². The molecule has 2 heterocycles. The molecule has 7 heteroatoms. The third-order valence-electron chi connectivity index (χ3n) is 3.62. The number of methoxy groups -OCH3 is 1. The highest BCUT2D eigenvalue weighted by Crippen LogP contribution is 2.25. The smallest absolute Gasteiger partial charge is 0.175 e. The van der Waals surface area contributed by atoms with E-state index in [0.717, 1.165) is 22.5 Å². The number of thiocarbonyl (C=S) groups is 1. The molecule has 1 aromatic carbocycles. The fraction of sp³-hybridized carbons (Fsp3) is 0.188. The summed E-state index contributed by atoms with van der Waals surface area (Å²) in [6.07, 6.45) is 3.33. The zero-order valence-electron chi connectivity index (χ0n) is 13.1. The molecule has 0 unspecified atom stereocenters. The van der Waals surface area contributed by atoms with Crippen LogP contribution in [0.4, 0.5) is 11.4 Å². The van der Waals surface area contributed by atoms with Gasteiger partial charge in [0, 0.05) is 19.3 Å². The average molecular weight is 327 g/mol. The number of pyridine rings is 1. The molecule has 0 atom stereocenters. The van der Waals surface area contributed by atoms with Crippen molar-refractivity contribution in [2.45, 2.75) is 6.92 Å². The molecule has 2 N–H and O–H groups in total. The van der Waals surface area contributed by atoms with Gasteiger partial charge in [0.25, 0.3) is 0 Å². The second kappa shape index (κ2) is 6.21. The minimum absolute atomic E-state index is 0.461. The molecule has 0 aliphatic rings. The molecule has 0 aliphatic carbocycles. The maximum absolute atomic E-state index is 5.40. The SMILES string of the molecule is COc1ccncc1NC(=S)Nc1cccc2nc(C)n(C)c12. The van der Waals surface area contributed by atoms with Crippen molar-refractivity contribution in [3.8, 4) is 5.75 Å². The van der Waals surface area contributed by atoms with Crippen LogP contribution in [0.5, 0.6) is 5.75 Å². The predicted molar refractivity (Wildman–Crippen MR) is 96.1 cm³/mol. The Kier molecular flexibility index (Phi) is 4.12. The first kappa shape index (κ1) is 15.2. The molecule has 0 amide bonds. The number of hydrogen-bond acceptors (Lipinski definition) is 4. The summed E-state index contributed by atoms with van der Waals surface area (Å²) in [7, 11) is 3.59. The topological polar surface area (TPSA) is 64.0 Å². The molecule has 0 spiro atoms. The van der Waals surface area contributed by atoms with E-state index < -0.39 is 0 Å². The average Bonchev–Trinajstić information content (AvgIpc) is 2.83. The second-order valence-corrected chi connectivity index (χ2v) is 5.45. The summed E-state index contributed by atoms with van der Waals surface area (Å²) in [6, 6.07) is 7.67. The molecule has 0 fully saturated rings. The fourth-order valence-electron chi connectivity index (χ4n) is 2.42. The van der Waals surface area contributed by atoms with Gasteiger partial charge < -0.3 is 19.9 Å². The summed E-state index contributed by atoms with van der Waals surface area (Å²) in [5.41, 5.74) is 3.54. The summed E-state index contributed by atoms with van der Waals surface area (Å²) in [6.45, 7) is 1.97. The number of rotatable bonds is 3. The summed E-state index contributed by atoms with van der Waals surface area (Å²) in [4.78, 5) is 8.60. The zero-order chi connectivity index (χ0) is 16.4. The Morgan fingerprint density at radius 2 is 2.00 bits per heavy atom. The van der Waals surface area contributed by atoms with E-state index in [9.17, 15) is 0 Å². The standard InChI is InChI=1S/C16H17N5OS/c1-10-18-11-5-4-6-12(15(11)21(10)2)19-16(23)20-13-9-17-8-7-14(13)22-3/h4-9H,1-3H3,(H2,19,20,23). The molecule has 2 aromatic heterocycles. The Morgan fingerprint density at radius 1 is 1.22 bits per heavy atom. The van der Waals surface area contributed by atoms with Crippen molar-refractivity contribution in [2.24, 2.45) is 7.05 Å². The van der Waals surface area contributed by atoms with Crippen molar-refractivity contribution >= 4 is 39.7 Å². The van der Waals surface area contributed by atoms with E-state index in [1.54, 1.807) is 25.6 Å². The zero-order valence-corrected chi connectivity index (χ0v) is 13.9. The molecule has 3 rings (SSSR count). The van der Waals surface area contributed by atoms with E-state index in [4.69, 9.17) is 17.0 Å². The molecule has 0 aliphatic heterocycles. The van der Waals surface area contributed by atoms with Gasteiger partial charge in [-0.1, -0.05) is 6.07 Å². The van der Waals surface area contributed by atoms with Crippen LogP contribution in [0.1, 0.15) is 5.82 Å². The van der Waals surface area contributed by atoms with Gasteiger partial charge in [-0.05, 0) is 31.3 Å². The monoisotopic (exact) mass is 327 g/mol. The van der Waals surface area contributed by atoms with Gasteiger partial charge in [0.15, 0.2) is 5.11 Å². The molecule has 0 saturated carbocycles. The number of hydrogen-bond donors (Lipinski definition) is 2. The molecule has 118 valence electrons. The van der Waals surface area contributed by atoms with Crippen LogP contribution >= 0.6 is 12.2 Å². The van der Waals surface area contributed by atoms with Crippen molar-refractivity contribution in [3.63, 3.8) is 0 Å². The molecular formula is C16H17N5OS. The normalized spacial score (nSPS) is 10.6. The minimum atomic E-state index is 0.461. The number of imidazole rings is 1. The quantitative estimate of drug-likeness (QED) is 0.721. The molecule has 0 radical (unpaired) electrons.